The molecule has 0 saturated carbocycles. The van der Waals surface area contributed by atoms with Gasteiger partial charge in [0.1, 0.15) is 0 Å². The van der Waals surface area contributed by atoms with Crippen LogP contribution in [-0.4, -0.2) is 18.5 Å². The van der Waals surface area contributed by atoms with E-state index in [-0.39, 0.29) is 11.9 Å². The number of fused-ring (bicyclic) bond motifs is 1. The summed E-state index contributed by atoms with van der Waals surface area (Å²) in [4.78, 5) is 12.7. The quantitative estimate of drug-likeness (QED) is 0.895. The Morgan fingerprint density at radius 3 is 2.88 bits per heavy atom. The van der Waals surface area contributed by atoms with Crippen molar-refractivity contribution in [2.75, 3.05) is 6.54 Å². The average molecular weight is 268 g/mol. The smallest absolute Gasteiger partial charge is 0.261 e. The van der Waals surface area contributed by atoms with E-state index in [9.17, 15) is 4.79 Å². The van der Waals surface area contributed by atoms with Gasteiger partial charge in [-0.2, -0.15) is 0 Å². The van der Waals surface area contributed by atoms with Crippen LogP contribution in [0.5, 0.6) is 0 Å². The number of rotatable bonds is 4. The maximum Gasteiger partial charge on any atom is 0.261 e. The molecule has 3 N–H and O–H groups in total. The summed E-state index contributed by atoms with van der Waals surface area (Å²) in [5, 5.41) is 4.92. The molecule has 0 aromatic carbocycles. The number of hydrogen-bond acceptors (Lipinski definition) is 4. The second-order valence-corrected chi connectivity index (χ2v) is 6.41. The summed E-state index contributed by atoms with van der Waals surface area (Å²) in [5.74, 6) is 0.358. The Morgan fingerprint density at radius 2 is 2.24 bits per heavy atom. The van der Waals surface area contributed by atoms with Gasteiger partial charge in [0.05, 0.1) is 4.88 Å². The van der Waals surface area contributed by atoms with Crippen LogP contribution in [0, 0.1) is 5.92 Å². The van der Waals surface area contributed by atoms with Crippen LogP contribution < -0.4 is 11.1 Å². The molecule has 0 bridgehead atoms. The van der Waals surface area contributed by atoms with Crippen molar-refractivity contribution in [3.8, 4) is 0 Å². The maximum absolute atomic E-state index is 11.9. The van der Waals surface area contributed by atoms with Gasteiger partial charge in [0.25, 0.3) is 5.91 Å². The SMILES string of the molecule is CC(C)C(N)CNC(=O)c1cc2sccc2s1. The van der Waals surface area contributed by atoms with Crippen molar-refractivity contribution in [3.05, 3.63) is 22.4 Å². The van der Waals surface area contributed by atoms with E-state index in [4.69, 9.17) is 5.73 Å². The van der Waals surface area contributed by atoms with Gasteiger partial charge in [-0.05, 0) is 23.4 Å². The largest absolute Gasteiger partial charge is 0.350 e. The van der Waals surface area contributed by atoms with Crippen LogP contribution in [0.4, 0.5) is 0 Å². The molecule has 92 valence electrons. The minimum atomic E-state index is -0.0190. The Bertz CT molecular complexity index is 487. The van der Waals surface area contributed by atoms with E-state index >= 15 is 0 Å². The normalized spacial score (nSPS) is 13.2. The zero-order valence-corrected chi connectivity index (χ0v) is 11.5. The number of thiophene rings is 2. The molecule has 0 radical (unpaired) electrons. The molecule has 1 atom stereocenters. The van der Waals surface area contributed by atoms with Crippen molar-refractivity contribution in [2.24, 2.45) is 11.7 Å². The molecule has 17 heavy (non-hydrogen) atoms. The van der Waals surface area contributed by atoms with Crippen LogP contribution in [0.2, 0.25) is 0 Å². The lowest BCUT2D eigenvalue weighted by molar-refractivity contribution is 0.0953. The predicted molar refractivity (Wildman–Crippen MR) is 74.8 cm³/mol. The Balaban J connectivity index is 1.98. The van der Waals surface area contributed by atoms with Crippen LogP contribution in [-0.2, 0) is 0 Å². The molecular weight excluding hydrogens is 252 g/mol. The molecule has 3 nitrogen and oxygen atoms in total. The van der Waals surface area contributed by atoms with Crippen molar-refractivity contribution in [1.82, 2.24) is 5.32 Å². The highest BCUT2D eigenvalue weighted by molar-refractivity contribution is 7.27. The molecular formula is C12H16N2OS2. The summed E-state index contributed by atoms with van der Waals surface area (Å²) in [7, 11) is 0. The van der Waals surface area contributed by atoms with Gasteiger partial charge >= 0.3 is 0 Å². The first-order valence-electron chi connectivity index (χ1n) is 5.58. The first-order chi connectivity index (χ1) is 8.08. The van der Waals surface area contributed by atoms with Crippen LogP contribution in [0.3, 0.4) is 0 Å². The van der Waals surface area contributed by atoms with Crippen molar-refractivity contribution < 1.29 is 4.79 Å². The molecule has 0 aliphatic heterocycles. The molecule has 0 spiro atoms. The lowest BCUT2D eigenvalue weighted by atomic mass is 10.1. The molecule has 0 fully saturated rings. The highest BCUT2D eigenvalue weighted by Crippen LogP contribution is 2.29. The summed E-state index contributed by atoms with van der Waals surface area (Å²) in [6.07, 6.45) is 0. The van der Waals surface area contributed by atoms with Crippen molar-refractivity contribution >= 4 is 38.0 Å². The van der Waals surface area contributed by atoms with E-state index in [0.29, 0.717) is 12.5 Å². The molecule has 2 heterocycles. The first-order valence-corrected chi connectivity index (χ1v) is 7.28. The lowest BCUT2D eigenvalue weighted by Crippen LogP contribution is -2.40. The van der Waals surface area contributed by atoms with Crippen LogP contribution in [0.25, 0.3) is 9.40 Å². The van der Waals surface area contributed by atoms with Crippen LogP contribution in [0.15, 0.2) is 17.5 Å². The molecule has 0 aliphatic rings. The molecule has 1 unspecified atom stereocenters. The predicted octanol–water partition coefficient (Wildman–Crippen LogP) is 2.68. The highest BCUT2D eigenvalue weighted by Gasteiger charge is 2.13. The van der Waals surface area contributed by atoms with Gasteiger partial charge in [-0.1, -0.05) is 13.8 Å². The third-order valence-electron chi connectivity index (χ3n) is 2.72. The fraction of sp³-hybridized carbons (Fsp3) is 0.417. The maximum atomic E-state index is 11.9. The number of nitrogens with one attached hydrogen (secondary N) is 1. The summed E-state index contributed by atoms with van der Waals surface area (Å²) in [5.41, 5.74) is 5.89. The topological polar surface area (TPSA) is 55.1 Å². The van der Waals surface area contributed by atoms with Gasteiger partial charge < -0.3 is 11.1 Å². The van der Waals surface area contributed by atoms with Gasteiger partial charge in [-0.3, -0.25) is 4.79 Å². The monoisotopic (exact) mass is 268 g/mol. The molecule has 5 heteroatoms. The zero-order chi connectivity index (χ0) is 12.4. The minimum absolute atomic E-state index is 0.0139. The standard InChI is InChI=1S/C12H16N2OS2/c1-7(2)8(13)6-14-12(15)11-5-10-9(17-11)3-4-16-10/h3-5,7-8H,6,13H2,1-2H3,(H,14,15). The fourth-order valence-corrected chi connectivity index (χ4v) is 3.44. The number of hydrogen-bond donors (Lipinski definition) is 2. The van der Waals surface area contributed by atoms with Gasteiger partial charge in [-0.25, -0.2) is 0 Å². The van der Waals surface area contributed by atoms with Crippen molar-refractivity contribution in [1.29, 1.82) is 0 Å². The van der Waals surface area contributed by atoms with Crippen molar-refractivity contribution in [2.45, 2.75) is 19.9 Å². The Morgan fingerprint density at radius 1 is 1.47 bits per heavy atom. The van der Waals surface area contributed by atoms with E-state index in [0.717, 1.165) is 4.88 Å². The van der Waals surface area contributed by atoms with Gasteiger partial charge in [0.15, 0.2) is 0 Å². The first kappa shape index (κ1) is 12.5. The fourth-order valence-electron chi connectivity index (χ4n) is 1.41. The molecule has 1 amide bonds. The van der Waals surface area contributed by atoms with Crippen LogP contribution in [0.1, 0.15) is 23.5 Å². The Kier molecular flexibility index (Phi) is 3.81. The minimum Gasteiger partial charge on any atom is -0.350 e. The Hall–Kier alpha value is -0.910. The van der Waals surface area contributed by atoms with Gasteiger partial charge in [-0.15, -0.1) is 22.7 Å². The van der Waals surface area contributed by atoms with Gasteiger partial charge in [0.2, 0.25) is 0 Å². The second kappa shape index (κ2) is 5.16. The third kappa shape index (κ3) is 2.86. The third-order valence-corrected chi connectivity index (χ3v) is 4.81. The van der Waals surface area contributed by atoms with E-state index in [1.165, 1.54) is 20.7 Å². The van der Waals surface area contributed by atoms with E-state index in [1.807, 2.05) is 17.5 Å². The highest BCUT2D eigenvalue weighted by atomic mass is 32.1. The van der Waals surface area contributed by atoms with Gasteiger partial charge in [0, 0.05) is 22.0 Å². The Labute approximate surface area is 109 Å². The summed E-state index contributed by atoms with van der Waals surface area (Å²) < 4.78 is 2.35. The summed E-state index contributed by atoms with van der Waals surface area (Å²) in [6.45, 7) is 4.64. The zero-order valence-electron chi connectivity index (χ0n) is 9.90. The molecule has 0 saturated heterocycles. The van der Waals surface area contributed by atoms with Crippen LogP contribution >= 0.6 is 22.7 Å². The van der Waals surface area contributed by atoms with Crippen molar-refractivity contribution in [3.63, 3.8) is 0 Å². The number of carbonyl (C=O) groups excluding carboxylic acids is 1. The number of amides is 1. The summed E-state index contributed by atoms with van der Waals surface area (Å²) in [6, 6.07) is 4.00. The average Bonchev–Trinajstić information content (AvgIpc) is 2.84. The second-order valence-electron chi connectivity index (χ2n) is 4.38. The number of carbonyl (C=O) groups is 1. The molecule has 2 aromatic heterocycles. The molecule has 0 aliphatic carbocycles. The molecule has 2 aromatic rings. The lowest BCUT2D eigenvalue weighted by Gasteiger charge is -2.15. The van der Waals surface area contributed by atoms with E-state index in [1.54, 1.807) is 11.3 Å². The van der Waals surface area contributed by atoms with E-state index < -0.39 is 0 Å². The van der Waals surface area contributed by atoms with E-state index in [2.05, 4.69) is 19.2 Å². The molecule has 2 rings (SSSR count). The number of nitrogens with two attached hydrogens (primary N) is 1. The summed E-state index contributed by atoms with van der Waals surface area (Å²) >= 11 is 3.19.